The van der Waals surface area contributed by atoms with Gasteiger partial charge in [0.15, 0.2) is 0 Å². The molecule has 0 aliphatic carbocycles. The van der Waals surface area contributed by atoms with Gasteiger partial charge in [0, 0.05) is 5.92 Å². The van der Waals surface area contributed by atoms with Crippen LogP contribution in [0.1, 0.15) is 23.5 Å². The number of hydrogen-bond donors (Lipinski definition) is 0. The number of rotatable bonds is 6. The van der Waals surface area contributed by atoms with Crippen molar-refractivity contribution in [2.75, 3.05) is 20.6 Å². The molecule has 0 heterocycles. The molecule has 0 unspecified atom stereocenters. The third-order valence-electron chi connectivity index (χ3n) is 4.49. The fourth-order valence-corrected chi connectivity index (χ4v) is 3.14. The summed E-state index contributed by atoms with van der Waals surface area (Å²) in [4.78, 5) is 2.26. The van der Waals surface area contributed by atoms with Gasteiger partial charge in [-0.25, -0.2) is 0 Å². The van der Waals surface area contributed by atoms with Crippen molar-refractivity contribution in [1.82, 2.24) is 4.90 Å². The van der Waals surface area contributed by atoms with Crippen molar-refractivity contribution in [3.05, 3.63) is 96.1 Å². The molecule has 0 saturated carbocycles. The van der Waals surface area contributed by atoms with Crippen LogP contribution in [-0.2, 0) is 0 Å². The van der Waals surface area contributed by atoms with Crippen LogP contribution in [0.3, 0.4) is 0 Å². The molecule has 0 aromatic heterocycles. The average molecular weight is 315 g/mol. The van der Waals surface area contributed by atoms with E-state index in [-0.39, 0.29) is 0 Å². The minimum absolute atomic E-state index is 0.443. The molecule has 0 aliphatic rings. The topological polar surface area (TPSA) is 3.24 Å². The monoisotopic (exact) mass is 315 g/mol. The molecule has 0 fully saturated rings. The minimum Gasteiger partial charge on any atom is -0.309 e. The van der Waals surface area contributed by atoms with E-state index in [1.807, 2.05) is 0 Å². The van der Waals surface area contributed by atoms with Crippen LogP contribution in [0.15, 0.2) is 84.9 Å². The predicted octanol–water partition coefficient (Wildman–Crippen LogP) is 5.44. The Morgan fingerprint density at radius 1 is 0.625 bits per heavy atom. The molecule has 0 saturated heterocycles. The maximum atomic E-state index is 2.29. The highest BCUT2D eigenvalue weighted by Gasteiger charge is 2.14. The van der Waals surface area contributed by atoms with E-state index in [4.69, 9.17) is 0 Å². The van der Waals surface area contributed by atoms with E-state index in [2.05, 4.69) is 104 Å². The van der Waals surface area contributed by atoms with Gasteiger partial charge >= 0.3 is 0 Å². The Morgan fingerprint density at radius 3 is 1.71 bits per heavy atom. The minimum atomic E-state index is 0.443. The van der Waals surface area contributed by atoms with Gasteiger partial charge in [-0.2, -0.15) is 0 Å². The molecule has 3 aromatic carbocycles. The van der Waals surface area contributed by atoms with Crippen LogP contribution < -0.4 is 0 Å². The third-order valence-corrected chi connectivity index (χ3v) is 4.49. The number of nitrogens with zero attached hydrogens (tertiary/aromatic N) is 1. The maximum Gasteiger partial charge on any atom is 0.0101 e. The molecule has 0 amide bonds. The molecule has 1 atom stereocenters. The van der Waals surface area contributed by atoms with Crippen molar-refractivity contribution >= 4 is 0 Å². The quantitative estimate of drug-likeness (QED) is 0.585. The smallest absolute Gasteiger partial charge is 0.0101 e. The van der Waals surface area contributed by atoms with Crippen molar-refractivity contribution in [1.29, 1.82) is 0 Å². The molecule has 0 spiro atoms. The van der Waals surface area contributed by atoms with E-state index >= 15 is 0 Å². The molecular weight excluding hydrogens is 290 g/mol. The first kappa shape index (κ1) is 16.5. The van der Waals surface area contributed by atoms with Crippen LogP contribution in [0.25, 0.3) is 11.1 Å². The van der Waals surface area contributed by atoms with Gasteiger partial charge in [0.25, 0.3) is 0 Å². The zero-order valence-electron chi connectivity index (χ0n) is 14.5. The summed E-state index contributed by atoms with van der Waals surface area (Å²) in [6.07, 6.45) is 1.13. The first-order valence-electron chi connectivity index (χ1n) is 8.59. The van der Waals surface area contributed by atoms with Crippen LogP contribution in [0, 0.1) is 0 Å². The fraction of sp³-hybridized carbons (Fsp3) is 0.217. The Kier molecular flexibility index (Phi) is 5.45. The highest BCUT2D eigenvalue weighted by Crippen LogP contribution is 2.30. The van der Waals surface area contributed by atoms with Gasteiger partial charge in [-0.1, -0.05) is 84.9 Å². The van der Waals surface area contributed by atoms with E-state index in [9.17, 15) is 0 Å². The molecule has 0 aliphatic heterocycles. The van der Waals surface area contributed by atoms with E-state index in [1.54, 1.807) is 0 Å². The van der Waals surface area contributed by atoms with Gasteiger partial charge in [0.05, 0.1) is 0 Å². The lowest BCUT2D eigenvalue weighted by Crippen LogP contribution is -2.16. The molecule has 3 rings (SSSR count). The van der Waals surface area contributed by atoms with Crippen molar-refractivity contribution < 1.29 is 0 Å². The van der Waals surface area contributed by atoms with Crippen LogP contribution in [0.2, 0.25) is 0 Å². The van der Waals surface area contributed by atoms with Crippen molar-refractivity contribution in [3.63, 3.8) is 0 Å². The van der Waals surface area contributed by atoms with Gasteiger partial charge in [-0.3, -0.25) is 0 Å². The van der Waals surface area contributed by atoms with Crippen LogP contribution in [0.4, 0.5) is 0 Å². The zero-order valence-corrected chi connectivity index (χ0v) is 14.5. The van der Waals surface area contributed by atoms with Crippen LogP contribution >= 0.6 is 0 Å². The van der Waals surface area contributed by atoms with Crippen molar-refractivity contribution in [3.8, 4) is 11.1 Å². The summed E-state index contributed by atoms with van der Waals surface area (Å²) in [6.45, 7) is 1.08. The van der Waals surface area contributed by atoms with E-state index in [0.29, 0.717) is 5.92 Å². The Bertz CT molecular complexity index is 730. The maximum absolute atomic E-state index is 2.29. The molecule has 3 aromatic rings. The summed E-state index contributed by atoms with van der Waals surface area (Å²) in [5, 5.41) is 0. The SMILES string of the molecule is CN(C)CC[C@@H](c1ccccc1)c1ccc(-c2ccccc2)cc1. The molecule has 122 valence electrons. The molecular formula is C23H25N. The van der Waals surface area contributed by atoms with Crippen LogP contribution in [0.5, 0.6) is 0 Å². The summed E-state index contributed by atoms with van der Waals surface area (Å²) >= 11 is 0. The van der Waals surface area contributed by atoms with Gasteiger partial charge in [-0.15, -0.1) is 0 Å². The lowest BCUT2D eigenvalue weighted by atomic mass is 9.87. The molecule has 1 nitrogen and oxygen atoms in total. The molecule has 1 heteroatoms. The zero-order chi connectivity index (χ0) is 16.8. The highest BCUT2D eigenvalue weighted by molar-refractivity contribution is 5.63. The summed E-state index contributed by atoms with van der Waals surface area (Å²) in [7, 11) is 4.28. The Labute approximate surface area is 145 Å². The lowest BCUT2D eigenvalue weighted by molar-refractivity contribution is 0.390. The predicted molar refractivity (Wildman–Crippen MR) is 103 cm³/mol. The van der Waals surface area contributed by atoms with Crippen molar-refractivity contribution in [2.24, 2.45) is 0 Å². The van der Waals surface area contributed by atoms with Crippen molar-refractivity contribution in [2.45, 2.75) is 12.3 Å². The fourth-order valence-electron chi connectivity index (χ4n) is 3.14. The average Bonchev–Trinajstić information content (AvgIpc) is 2.64. The molecule has 0 bridgehead atoms. The summed E-state index contributed by atoms with van der Waals surface area (Å²) in [5.74, 6) is 0.443. The van der Waals surface area contributed by atoms with Gasteiger partial charge in [0.1, 0.15) is 0 Å². The summed E-state index contributed by atoms with van der Waals surface area (Å²) < 4.78 is 0. The Morgan fingerprint density at radius 2 is 1.12 bits per heavy atom. The highest BCUT2D eigenvalue weighted by atomic mass is 15.0. The molecule has 0 radical (unpaired) electrons. The van der Waals surface area contributed by atoms with E-state index < -0.39 is 0 Å². The second-order valence-electron chi connectivity index (χ2n) is 6.54. The van der Waals surface area contributed by atoms with Gasteiger partial charge < -0.3 is 4.90 Å². The Hall–Kier alpha value is -2.38. The second kappa shape index (κ2) is 7.94. The first-order chi connectivity index (χ1) is 11.7. The first-order valence-corrected chi connectivity index (χ1v) is 8.59. The van der Waals surface area contributed by atoms with Crippen LogP contribution in [-0.4, -0.2) is 25.5 Å². The van der Waals surface area contributed by atoms with Gasteiger partial charge in [-0.05, 0) is 49.3 Å². The second-order valence-corrected chi connectivity index (χ2v) is 6.54. The third kappa shape index (κ3) is 4.12. The lowest BCUT2D eigenvalue weighted by Gasteiger charge is -2.20. The summed E-state index contributed by atoms with van der Waals surface area (Å²) in [6, 6.07) is 30.5. The summed E-state index contributed by atoms with van der Waals surface area (Å²) in [5.41, 5.74) is 5.34. The Balaban J connectivity index is 1.87. The number of hydrogen-bond acceptors (Lipinski definition) is 1. The van der Waals surface area contributed by atoms with E-state index in [0.717, 1.165) is 13.0 Å². The molecule has 24 heavy (non-hydrogen) atoms. The van der Waals surface area contributed by atoms with Gasteiger partial charge in [0.2, 0.25) is 0 Å². The van der Waals surface area contributed by atoms with E-state index in [1.165, 1.54) is 22.3 Å². The normalized spacial score (nSPS) is 12.3. The molecule has 0 N–H and O–H groups in total. The standard InChI is InChI=1S/C23H25N/c1-24(2)18-17-23(21-11-7-4-8-12-21)22-15-13-20(14-16-22)19-9-5-3-6-10-19/h3-16,23H,17-18H2,1-2H3/t23-/m0/s1. The largest absolute Gasteiger partial charge is 0.309 e. The number of benzene rings is 3.